The molecule has 3 N–H and O–H groups in total. The molecule has 0 radical (unpaired) electrons. The lowest BCUT2D eigenvalue weighted by Crippen LogP contribution is -2.44. The second-order valence-electron chi connectivity index (χ2n) is 4.05. The van der Waals surface area contributed by atoms with Crippen molar-refractivity contribution in [2.45, 2.75) is 19.4 Å². The van der Waals surface area contributed by atoms with E-state index >= 15 is 0 Å². The summed E-state index contributed by atoms with van der Waals surface area (Å²) >= 11 is 0. The fourth-order valence-electron chi connectivity index (χ4n) is 1.25. The first kappa shape index (κ1) is 21.3. The molecule has 0 fully saturated rings. The van der Waals surface area contributed by atoms with Gasteiger partial charge in [-0.1, -0.05) is 0 Å². The lowest BCUT2D eigenvalue weighted by Gasteiger charge is -2.22. The van der Waals surface area contributed by atoms with Crippen molar-refractivity contribution < 1.29 is 17.9 Å². The van der Waals surface area contributed by atoms with Gasteiger partial charge in [0.05, 0.1) is 13.2 Å². The molecule has 0 aliphatic rings. The lowest BCUT2D eigenvalue weighted by molar-refractivity contribution is 0.149. The minimum Gasteiger partial charge on any atom is -0.383 e. The number of hydrogen-bond acceptors (Lipinski definition) is 5. The molecule has 0 spiro atoms. The first-order chi connectivity index (χ1) is 8.44. The summed E-state index contributed by atoms with van der Waals surface area (Å²) in [5, 5.41) is 0. The fourth-order valence-corrected chi connectivity index (χ4v) is 2.43. The largest absolute Gasteiger partial charge is 0.383 e. The summed E-state index contributed by atoms with van der Waals surface area (Å²) < 4.78 is 37.6. The van der Waals surface area contributed by atoms with E-state index in [0.29, 0.717) is 39.3 Å². The third-order valence-electron chi connectivity index (χ3n) is 2.31. The SMILES string of the molecule is COCCN(CCOC)S(=O)(=O)NCCC(C)N.Cl. The highest BCUT2D eigenvalue weighted by Gasteiger charge is 2.20. The molecular weight excluding hydrogens is 294 g/mol. The topological polar surface area (TPSA) is 93.9 Å². The number of ether oxygens (including phenoxy) is 2. The number of halogens is 1. The van der Waals surface area contributed by atoms with E-state index in [9.17, 15) is 8.42 Å². The molecule has 1 atom stereocenters. The Labute approximate surface area is 122 Å². The molecule has 1 unspecified atom stereocenters. The van der Waals surface area contributed by atoms with E-state index in [4.69, 9.17) is 15.2 Å². The predicted molar refractivity (Wildman–Crippen MR) is 77.8 cm³/mol. The van der Waals surface area contributed by atoms with Crippen LogP contribution in [0.2, 0.25) is 0 Å². The van der Waals surface area contributed by atoms with Gasteiger partial charge in [0.25, 0.3) is 10.2 Å². The van der Waals surface area contributed by atoms with Crippen molar-refractivity contribution in [3.8, 4) is 0 Å². The van der Waals surface area contributed by atoms with E-state index in [1.165, 1.54) is 18.5 Å². The zero-order valence-electron chi connectivity index (χ0n) is 11.8. The number of hydrogen-bond donors (Lipinski definition) is 2. The summed E-state index contributed by atoms with van der Waals surface area (Å²) in [7, 11) is -0.430. The molecule has 118 valence electrons. The van der Waals surface area contributed by atoms with Gasteiger partial charge in [-0.15, -0.1) is 12.4 Å². The highest BCUT2D eigenvalue weighted by atomic mass is 35.5. The van der Waals surface area contributed by atoms with Gasteiger partial charge in [-0.25, -0.2) is 4.72 Å². The number of nitrogens with zero attached hydrogens (tertiary/aromatic N) is 1. The predicted octanol–water partition coefficient (Wildman–Crippen LogP) is -0.425. The molecule has 0 saturated heterocycles. The van der Waals surface area contributed by atoms with E-state index in [-0.39, 0.29) is 18.4 Å². The van der Waals surface area contributed by atoms with Crippen LogP contribution < -0.4 is 10.5 Å². The normalized spacial score (nSPS) is 13.3. The highest BCUT2D eigenvalue weighted by Crippen LogP contribution is 1.98. The third kappa shape index (κ3) is 10.5. The number of rotatable bonds is 11. The maximum absolute atomic E-state index is 12.0. The molecule has 0 aliphatic carbocycles. The molecule has 0 saturated carbocycles. The number of nitrogens with one attached hydrogen (secondary N) is 1. The van der Waals surface area contributed by atoms with E-state index < -0.39 is 10.2 Å². The molecule has 0 heterocycles. The van der Waals surface area contributed by atoms with Crippen LogP contribution in [0.15, 0.2) is 0 Å². The molecule has 0 aromatic rings. The van der Waals surface area contributed by atoms with Crippen molar-refractivity contribution >= 4 is 22.6 Å². The monoisotopic (exact) mass is 319 g/mol. The van der Waals surface area contributed by atoms with Crippen LogP contribution in [0, 0.1) is 0 Å². The first-order valence-electron chi connectivity index (χ1n) is 5.92. The van der Waals surface area contributed by atoms with Crippen molar-refractivity contribution in [3.63, 3.8) is 0 Å². The average Bonchev–Trinajstić information content (AvgIpc) is 2.28. The smallest absolute Gasteiger partial charge is 0.279 e. The van der Waals surface area contributed by atoms with E-state index in [2.05, 4.69) is 4.72 Å². The van der Waals surface area contributed by atoms with Crippen LogP contribution in [0.25, 0.3) is 0 Å². The van der Waals surface area contributed by atoms with Gasteiger partial charge >= 0.3 is 0 Å². The second kappa shape index (κ2) is 11.8. The molecule has 19 heavy (non-hydrogen) atoms. The van der Waals surface area contributed by atoms with Gasteiger partial charge in [-0.3, -0.25) is 0 Å². The third-order valence-corrected chi connectivity index (χ3v) is 3.93. The summed E-state index contributed by atoms with van der Waals surface area (Å²) in [5.74, 6) is 0. The minimum atomic E-state index is -3.49. The van der Waals surface area contributed by atoms with Crippen LogP contribution in [0.3, 0.4) is 0 Å². The molecular formula is C10H26ClN3O4S. The van der Waals surface area contributed by atoms with E-state index in [1.54, 1.807) is 0 Å². The summed E-state index contributed by atoms with van der Waals surface area (Å²) in [4.78, 5) is 0. The van der Waals surface area contributed by atoms with Gasteiger partial charge in [0.1, 0.15) is 0 Å². The van der Waals surface area contributed by atoms with Crippen molar-refractivity contribution in [2.75, 3.05) is 47.1 Å². The molecule has 0 rings (SSSR count). The van der Waals surface area contributed by atoms with Gasteiger partial charge in [0.2, 0.25) is 0 Å². The van der Waals surface area contributed by atoms with Crippen molar-refractivity contribution in [1.29, 1.82) is 0 Å². The summed E-state index contributed by atoms with van der Waals surface area (Å²) in [6, 6.07) is -0.0286. The maximum atomic E-state index is 12.0. The van der Waals surface area contributed by atoms with Crippen LogP contribution in [0.4, 0.5) is 0 Å². The Balaban J connectivity index is 0. The average molecular weight is 320 g/mol. The van der Waals surface area contributed by atoms with Gasteiger partial charge in [0.15, 0.2) is 0 Å². The fraction of sp³-hybridized carbons (Fsp3) is 1.00. The second-order valence-corrected chi connectivity index (χ2v) is 5.81. The molecule has 0 aliphatic heterocycles. The standard InChI is InChI=1S/C10H25N3O4S.ClH/c1-10(11)4-5-12-18(14,15)13(6-8-16-2)7-9-17-3;/h10,12H,4-9,11H2,1-3H3;1H. The zero-order valence-corrected chi connectivity index (χ0v) is 13.4. The Morgan fingerprint density at radius 2 is 1.68 bits per heavy atom. The van der Waals surface area contributed by atoms with Crippen molar-refractivity contribution in [1.82, 2.24) is 9.03 Å². The highest BCUT2D eigenvalue weighted by molar-refractivity contribution is 7.87. The van der Waals surface area contributed by atoms with Crippen LogP contribution in [0.1, 0.15) is 13.3 Å². The van der Waals surface area contributed by atoms with Crippen LogP contribution >= 0.6 is 12.4 Å². The Kier molecular flexibility index (Phi) is 13.3. The molecule has 0 amide bonds. The molecule has 7 nitrogen and oxygen atoms in total. The Morgan fingerprint density at radius 1 is 1.21 bits per heavy atom. The Hall–Kier alpha value is 0.0400. The lowest BCUT2D eigenvalue weighted by atomic mass is 10.3. The minimum absolute atomic E-state index is 0. The first-order valence-corrected chi connectivity index (χ1v) is 7.36. The number of methoxy groups -OCH3 is 2. The van der Waals surface area contributed by atoms with Crippen molar-refractivity contribution in [3.05, 3.63) is 0 Å². The van der Waals surface area contributed by atoms with Gasteiger partial charge in [0, 0.05) is 39.9 Å². The quantitative estimate of drug-likeness (QED) is 0.539. The van der Waals surface area contributed by atoms with Crippen molar-refractivity contribution in [2.24, 2.45) is 5.73 Å². The molecule has 9 heteroatoms. The molecule has 0 bridgehead atoms. The van der Waals surface area contributed by atoms with Gasteiger partial charge in [-0.05, 0) is 13.3 Å². The molecule has 0 aromatic heterocycles. The summed E-state index contributed by atoms with van der Waals surface area (Å²) in [5.41, 5.74) is 5.57. The molecule has 0 aromatic carbocycles. The maximum Gasteiger partial charge on any atom is 0.279 e. The Morgan fingerprint density at radius 3 is 2.05 bits per heavy atom. The van der Waals surface area contributed by atoms with E-state index in [1.807, 2.05) is 6.92 Å². The number of nitrogens with two attached hydrogens (primary N) is 1. The Bertz CT molecular complexity index is 293. The van der Waals surface area contributed by atoms with Gasteiger partial charge < -0.3 is 15.2 Å². The summed E-state index contributed by atoms with van der Waals surface area (Å²) in [6.45, 7) is 3.45. The van der Waals surface area contributed by atoms with Crippen LogP contribution in [-0.4, -0.2) is 65.8 Å². The van der Waals surface area contributed by atoms with Crippen LogP contribution in [0.5, 0.6) is 0 Å². The van der Waals surface area contributed by atoms with Crippen LogP contribution in [-0.2, 0) is 19.7 Å². The van der Waals surface area contributed by atoms with Gasteiger partial charge in [-0.2, -0.15) is 12.7 Å². The van der Waals surface area contributed by atoms with E-state index in [0.717, 1.165) is 0 Å². The zero-order chi connectivity index (χ0) is 14.0. The summed E-state index contributed by atoms with van der Waals surface area (Å²) in [6.07, 6.45) is 0.599.